The zero-order chi connectivity index (χ0) is 35.2. The van der Waals surface area contributed by atoms with Gasteiger partial charge in [-0.3, -0.25) is 0 Å². The van der Waals surface area contributed by atoms with Crippen LogP contribution >= 0.6 is 0 Å². The summed E-state index contributed by atoms with van der Waals surface area (Å²) in [6, 6.07) is 30.1. The Labute approximate surface area is 295 Å². The maximum Gasteiger partial charge on any atom is 0.330 e. The van der Waals surface area contributed by atoms with Gasteiger partial charge in [-0.2, -0.15) is 4.31 Å². The molecule has 0 spiro atoms. The van der Waals surface area contributed by atoms with Gasteiger partial charge in [-0.05, 0) is 68.2 Å². The molecule has 0 aliphatic carbocycles. The molecule has 0 aromatic heterocycles. The minimum absolute atomic E-state index is 0.269. The lowest BCUT2D eigenvalue weighted by Crippen LogP contribution is -2.48. The number of nitrogens with zero attached hydrogens (tertiary/aromatic N) is 2. The standard InChI is InChI=1S/C39H55N3O5SSi/c1-41(48(44,45)37-19-12-7-13-20-37)32-39(35-17-10-6-11-18-35,33-46-29-30-49(2,3)4)24-28-42-26-22-36(23-27-42)40-25-14-21-38(43)47-31-34-15-8-5-9-16-34/h5-21,36,40H,22-33H2,1-4H3. The third kappa shape index (κ3) is 12.6. The first-order valence-electron chi connectivity index (χ1n) is 17.4. The Morgan fingerprint density at radius 3 is 2.20 bits per heavy atom. The van der Waals surface area contributed by atoms with Gasteiger partial charge < -0.3 is 19.7 Å². The van der Waals surface area contributed by atoms with E-state index in [0.29, 0.717) is 37.2 Å². The molecule has 1 fully saturated rings. The molecular formula is C39H55N3O5SSi. The van der Waals surface area contributed by atoms with Gasteiger partial charge in [0.15, 0.2) is 0 Å². The van der Waals surface area contributed by atoms with E-state index < -0.39 is 23.5 Å². The normalized spacial score (nSPS) is 16.2. The van der Waals surface area contributed by atoms with E-state index in [1.54, 1.807) is 31.3 Å². The fraction of sp³-hybridized carbons (Fsp3) is 0.462. The average molecular weight is 706 g/mol. The lowest BCUT2D eigenvalue weighted by Gasteiger charge is -2.40. The van der Waals surface area contributed by atoms with Crippen LogP contribution in [-0.4, -0.2) is 90.7 Å². The summed E-state index contributed by atoms with van der Waals surface area (Å²) in [6.07, 6.45) is 6.09. The summed E-state index contributed by atoms with van der Waals surface area (Å²) in [4.78, 5) is 14.9. The number of rotatable bonds is 19. The van der Waals surface area contributed by atoms with E-state index in [-0.39, 0.29) is 12.6 Å². The van der Waals surface area contributed by atoms with E-state index >= 15 is 0 Å². The molecule has 8 nitrogen and oxygen atoms in total. The number of likely N-dealkylation sites (N-methyl/N-ethyl adjacent to an activating group) is 1. The molecule has 10 heteroatoms. The quantitative estimate of drug-likeness (QED) is 0.0674. The summed E-state index contributed by atoms with van der Waals surface area (Å²) in [5.74, 6) is -0.339. The van der Waals surface area contributed by atoms with Crippen LogP contribution in [0.5, 0.6) is 0 Å². The number of ether oxygens (including phenoxy) is 2. The van der Waals surface area contributed by atoms with Gasteiger partial charge in [-0.15, -0.1) is 0 Å². The lowest BCUT2D eigenvalue weighted by atomic mass is 9.77. The monoisotopic (exact) mass is 705 g/mol. The predicted molar refractivity (Wildman–Crippen MR) is 201 cm³/mol. The van der Waals surface area contributed by atoms with E-state index in [1.165, 1.54) is 10.4 Å². The number of esters is 1. The number of likely N-dealkylation sites (tertiary alicyclic amines) is 1. The lowest BCUT2D eigenvalue weighted by molar-refractivity contribution is -0.139. The Morgan fingerprint density at radius 1 is 0.959 bits per heavy atom. The van der Waals surface area contributed by atoms with Crippen molar-refractivity contribution in [3.05, 3.63) is 114 Å². The third-order valence-corrected chi connectivity index (χ3v) is 12.8. The summed E-state index contributed by atoms with van der Waals surface area (Å²) in [5, 5.41) is 3.56. The van der Waals surface area contributed by atoms with Gasteiger partial charge in [0.2, 0.25) is 10.0 Å². The Morgan fingerprint density at radius 2 is 1.57 bits per heavy atom. The molecule has 0 saturated carbocycles. The second-order valence-corrected chi connectivity index (χ2v) is 22.0. The zero-order valence-corrected chi connectivity index (χ0v) is 31.5. The molecule has 1 unspecified atom stereocenters. The molecule has 49 heavy (non-hydrogen) atoms. The van der Waals surface area contributed by atoms with Crippen LogP contribution in [0.2, 0.25) is 25.7 Å². The topological polar surface area (TPSA) is 88.2 Å². The first-order valence-corrected chi connectivity index (χ1v) is 22.6. The molecule has 0 amide bonds. The van der Waals surface area contributed by atoms with Crippen LogP contribution < -0.4 is 5.32 Å². The summed E-state index contributed by atoms with van der Waals surface area (Å²) in [7, 11) is -3.30. The summed E-state index contributed by atoms with van der Waals surface area (Å²) in [6.45, 7) is 12.1. The highest BCUT2D eigenvalue weighted by molar-refractivity contribution is 7.89. The minimum atomic E-state index is -3.69. The molecule has 266 valence electrons. The van der Waals surface area contributed by atoms with Crippen molar-refractivity contribution < 1.29 is 22.7 Å². The number of benzene rings is 3. The number of piperidine rings is 1. The predicted octanol–water partition coefficient (Wildman–Crippen LogP) is 6.34. The van der Waals surface area contributed by atoms with Gasteiger partial charge in [0.25, 0.3) is 0 Å². The summed E-state index contributed by atoms with van der Waals surface area (Å²) < 4.78 is 40.7. The molecule has 1 heterocycles. The summed E-state index contributed by atoms with van der Waals surface area (Å²) in [5.41, 5.74) is 1.55. The maximum absolute atomic E-state index is 13.7. The van der Waals surface area contributed by atoms with Crippen LogP contribution in [-0.2, 0) is 36.3 Å². The Balaban J connectivity index is 1.36. The highest BCUT2D eigenvalue weighted by atomic mass is 32.2. The molecule has 4 rings (SSSR count). The molecule has 3 aromatic rings. The van der Waals surface area contributed by atoms with Crippen LogP contribution in [0.15, 0.2) is 108 Å². The first kappa shape index (κ1) is 38.7. The highest BCUT2D eigenvalue weighted by Gasteiger charge is 2.38. The molecule has 3 aromatic carbocycles. The number of carbonyl (C=O) groups excluding carboxylic acids is 1. The van der Waals surface area contributed by atoms with Crippen molar-refractivity contribution in [1.82, 2.24) is 14.5 Å². The molecule has 1 aliphatic heterocycles. The smallest absolute Gasteiger partial charge is 0.330 e. The molecule has 1 aliphatic rings. The Kier molecular flexibility index (Phi) is 14.8. The van der Waals surface area contributed by atoms with E-state index in [2.05, 4.69) is 42.0 Å². The van der Waals surface area contributed by atoms with Gasteiger partial charge in [0, 0.05) is 52.4 Å². The van der Waals surface area contributed by atoms with Crippen molar-refractivity contribution in [2.24, 2.45) is 0 Å². The zero-order valence-electron chi connectivity index (χ0n) is 29.7. The molecule has 1 saturated heterocycles. The number of hydrogen-bond acceptors (Lipinski definition) is 7. The molecule has 1 N–H and O–H groups in total. The van der Waals surface area contributed by atoms with Gasteiger partial charge in [0.05, 0.1) is 11.5 Å². The van der Waals surface area contributed by atoms with E-state index in [0.717, 1.165) is 56.1 Å². The average Bonchev–Trinajstić information content (AvgIpc) is 3.11. The van der Waals surface area contributed by atoms with Crippen molar-refractivity contribution in [3.63, 3.8) is 0 Å². The Hall–Kier alpha value is -3.12. The maximum atomic E-state index is 13.7. The fourth-order valence-corrected chi connectivity index (χ4v) is 8.17. The van der Waals surface area contributed by atoms with Gasteiger partial charge in [0.1, 0.15) is 6.61 Å². The number of hydrogen-bond donors (Lipinski definition) is 1. The van der Waals surface area contributed by atoms with Gasteiger partial charge >= 0.3 is 5.97 Å². The first-order chi connectivity index (χ1) is 23.5. The number of nitrogens with one attached hydrogen (secondary N) is 1. The Bertz CT molecular complexity index is 1540. The second-order valence-electron chi connectivity index (χ2n) is 14.4. The van der Waals surface area contributed by atoms with Crippen molar-refractivity contribution in [1.29, 1.82) is 0 Å². The van der Waals surface area contributed by atoms with Crippen LogP contribution in [0.1, 0.15) is 30.4 Å². The van der Waals surface area contributed by atoms with Gasteiger partial charge in [-0.25, -0.2) is 13.2 Å². The minimum Gasteiger partial charge on any atom is -0.458 e. The summed E-state index contributed by atoms with van der Waals surface area (Å²) >= 11 is 0. The van der Waals surface area contributed by atoms with Crippen molar-refractivity contribution in [3.8, 4) is 0 Å². The van der Waals surface area contributed by atoms with Crippen molar-refractivity contribution in [2.45, 2.75) is 67.9 Å². The number of sulfonamides is 1. The van der Waals surface area contributed by atoms with E-state index in [4.69, 9.17) is 9.47 Å². The van der Waals surface area contributed by atoms with Crippen LogP contribution in [0.25, 0.3) is 0 Å². The van der Waals surface area contributed by atoms with E-state index in [9.17, 15) is 13.2 Å². The SMILES string of the molecule is CN(CC(CCN1CCC(NCC=CC(=O)OCc2ccccc2)CC1)(COCC[Si](C)(C)C)c1ccccc1)S(=O)(=O)c1ccccc1. The third-order valence-electron chi connectivity index (χ3n) is 9.23. The molecule has 0 radical (unpaired) electrons. The van der Waals surface area contributed by atoms with Crippen LogP contribution in [0, 0.1) is 0 Å². The van der Waals surface area contributed by atoms with Gasteiger partial charge in [-0.1, -0.05) is 105 Å². The largest absolute Gasteiger partial charge is 0.458 e. The fourth-order valence-electron chi connectivity index (χ4n) is 6.14. The van der Waals surface area contributed by atoms with Crippen LogP contribution in [0.3, 0.4) is 0 Å². The molecular weight excluding hydrogens is 651 g/mol. The van der Waals surface area contributed by atoms with E-state index in [1.807, 2.05) is 60.7 Å². The van der Waals surface area contributed by atoms with Crippen molar-refractivity contribution in [2.75, 3.05) is 53.0 Å². The molecule has 0 bridgehead atoms. The number of carbonyl (C=O) groups is 1. The highest BCUT2D eigenvalue weighted by Crippen LogP contribution is 2.33. The van der Waals surface area contributed by atoms with Crippen LogP contribution in [0.4, 0.5) is 0 Å². The molecule has 1 atom stereocenters. The van der Waals surface area contributed by atoms with Crippen molar-refractivity contribution >= 4 is 24.1 Å². The second kappa shape index (κ2) is 18.8.